The Bertz CT molecular complexity index is 463. The number of aliphatic hydroxyl groups excluding tert-OH is 1. The van der Waals surface area contributed by atoms with Crippen molar-refractivity contribution in [3.8, 4) is 0 Å². The summed E-state index contributed by atoms with van der Waals surface area (Å²) in [4.78, 5) is 0. The van der Waals surface area contributed by atoms with E-state index in [1.54, 1.807) is 0 Å². The minimum atomic E-state index is -0.574. The summed E-state index contributed by atoms with van der Waals surface area (Å²) in [6.45, 7) is 2.85. The lowest BCUT2D eigenvalue weighted by Crippen LogP contribution is -2.31. The second-order valence-corrected chi connectivity index (χ2v) is 6.61. The summed E-state index contributed by atoms with van der Waals surface area (Å²) in [7, 11) is 6.02. The summed E-state index contributed by atoms with van der Waals surface area (Å²) >= 11 is 1.11. The van der Waals surface area contributed by atoms with Crippen molar-refractivity contribution >= 4 is 21.8 Å². The van der Waals surface area contributed by atoms with Gasteiger partial charge in [0, 0.05) is 17.7 Å². The molecule has 2 rings (SSSR count). The van der Waals surface area contributed by atoms with Gasteiger partial charge in [-0.25, -0.2) is 4.31 Å². The van der Waals surface area contributed by atoms with Gasteiger partial charge in [-0.05, 0) is 53.9 Å². The molecule has 0 radical (unpaired) electrons. The van der Waals surface area contributed by atoms with Crippen LogP contribution in [0.2, 0.25) is 0 Å². The molecule has 1 aliphatic carbocycles. The molecule has 0 saturated carbocycles. The van der Waals surface area contributed by atoms with Crippen LogP contribution in [-0.2, 0) is 6.54 Å². The van der Waals surface area contributed by atoms with Crippen molar-refractivity contribution in [3.05, 3.63) is 47.0 Å². The van der Waals surface area contributed by atoms with Crippen molar-refractivity contribution in [2.75, 3.05) is 0 Å². The Balaban J connectivity index is 2.12. The van der Waals surface area contributed by atoms with Gasteiger partial charge in [-0.1, -0.05) is 49.2 Å². The van der Waals surface area contributed by atoms with Gasteiger partial charge in [0.15, 0.2) is 0 Å². The van der Waals surface area contributed by atoms with Gasteiger partial charge in [0.25, 0.3) is 0 Å². The van der Waals surface area contributed by atoms with Gasteiger partial charge in [0.05, 0.1) is 0 Å². The number of hydrogen-bond acceptors (Lipinski definition) is 3. The summed E-state index contributed by atoms with van der Waals surface area (Å²) in [5, 5.41) is 10.8. The van der Waals surface area contributed by atoms with E-state index in [1.807, 2.05) is 22.5 Å². The SMILES string of the molecule is CCCC1=C(C(O)N(Cc2ccccc2)SCl)CCCC1. The average molecular weight is 326 g/mol. The fourth-order valence-corrected chi connectivity index (χ4v) is 3.75. The molecule has 116 valence electrons. The molecule has 1 aromatic carbocycles. The van der Waals surface area contributed by atoms with Gasteiger partial charge >= 0.3 is 0 Å². The summed E-state index contributed by atoms with van der Waals surface area (Å²) in [5.41, 5.74) is 3.81. The van der Waals surface area contributed by atoms with E-state index in [1.165, 1.54) is 24.0 Å². The van der Waals surface area contributed by atoms with Gasteiger partial charge in [-0.15, -0.1) is 0 Å². The number of aliphatic hydroxyl groups is 1. The molecule has 0 fully saturated rings. The maximum Gasteiger partial charge on any atom is 0.139 e. The summed E-state index contributed by atoms with van der Waals surface area (Å²) in [6, 6.07) is 10.2. The molecule has 4 heteroatoms. The monoisotopic (exact) mass is 325 g/mol. The zero-order valence-electron chi connectivity index (χ0n) is 12.6. The van der Waals surface area contributed by atoms with Crippen molar-refractivity contribution in [1.29, 1.82) is 0 Å². The molecule has 0 heterocycles. The molecule has 0 aromatic heterocycles. The molecule has 0 aliphatic heterocycles. The van der Waals surface area contributed by atoms with Crippen LogP contribution in [-0.4, -0.2) is 15.6 Å². The third-order valence-corrected chi connectivity index (χ3v) is 5.07. The van der Waals surface area contributed by atoms with Crippen LogP contribution in [0.3, 0.4) is 0 Å². The average Bonchev–Trinajstić information content (AvgIpc) is 2.54. The van der Waals surface area contributed by atoms with E-state index in [0.717, 1.165) is 42.4 Å². The highest BCUT2D eigenvalue weighted by Gasteiger charge is 2.24. The van der Waals surface area contributed by atoms with Gasteiger partial charge in [-0.3, -0.25) is 0 Å². The van der Waals surface area contributed by atoms with E-state index in [0.29, 0.717) is 6.54 Å². The van der Waals surface area contributed by atoms with Crippen molar-refractivity contribution in [2.45, 2.75) is 58.2 Å². The lowest BCUT2D eigenvalue weighted by molar-refractivity contribution is 0.0942. The van der Waals surface area contributed by atoms with Crippen molar-refractivity contribution in [1.82, 2.24) is 4.31 Å². The maximum absolute atomic E-state index is 10.8. The largest absolute Gasteiger partial charge is 0.374 e. The molecule has 1 unspecified atom stereocenters. The zero-order chi connectivity index (χ0) is 15.1. The molecule has 21 heavy (non-hydrogen) atoms. The maximum atomic E-state index is 10.8. The lowest BCUT2D eigenvalue weighted by Gasteiger charge is -2.30. The normalized spacial score (nSPS) is 17.3. The number of hydrogen-bond donors (Lipinski definition) is 1. The molecule has 2 nitrogen and oxygen atoms in total. The first-order chi connectivity index (χ1) is 10.3. The molecule has 1 N–H and O–H groups in total. The van der Waals surface area contributed by atoms with Crippen molar-refractivity contribution in [2.24, 2.45) is 0 Å². The number of rotatable bonds is 7. The van der Waals surface area contributed by atoms with Crippen LogP contribution in [0.5, 0.6) is 0 Å². The quantitative estimate of drug-likeness (QED) is 0.419. The minimum Gasteiger partial charge on any atom is -0.374 e. The number of nitrogens with zero attached hydrogens (tertiary/aromatic N) is 1. The Labute approximate surface area is 136 Å². The Kier molecular flexibility index (Phi) is 7.11. The first-order valence-corrected chi connectivity index (χ1v) is 9.34. The lowest BCUT2D eigenvalue weighted by atomic mass is 9.88. The topological polar surface area (TPSA) is 23.5 Å². The third kappa shape index (κ3) is 4.75. The number of benzene rings is 1. The van der Waals surface area contributed by atoms with Crippen LogP contribution in [0.1, 0.15) is 51.0 Å². The van der Waals surface area contributed by atoms with Crippen molar-refractivity contribution < 1.29 is 5.11 Å². The zero-order valence-corrected chi connectivity index (χ0v) is 14.2. The fraction of sp³-hybridized carbons (Fsp3) is 0.529. The van der Waals surface area contributed by atoms with Crippen LogP contribution < -0.4 is 0 Å². The summed E-state index contributed by atoms with van der Waals surface area (Å²) < 4.78 is 1.87. The van der Waals surface area contributed by atoms with E-state index in [-0.39, 0.29) is 0 Å². The highest BCUT2D eigenvalue weighted by Crippen LogP contribution is 2.34. The first kappa shape index (κ1) is 16.9. The second kappa shape index (κ2) is 8.84. The predicted molar refractivity (Wildman–Crippen MR) is 91.8 cm³/mol. The standard InChI is InChI=1S/C17H24ClNOS/c1-2-8-15-11-6-7-12-16(15)17(20)19(21-18)13-14-9-4-3-5-10-14/h3-5,9-10,17,20H,2,6-8,11-13H2,1H3. The Morgan fingerprint density at radius 1 is 1.24 bits per heavy atom. The van der Waals surface area contributed by atoms with Crippen LogP contribution in [0.15, 0.2) is 41.5 Å². The van der Waals surface area contributed by atoms with E-state index in [2.05, 4.69) is 19.1 Å². The Morgan fingerprint density at radius 3 is 2.62 bits per heavy atom. The summed E-state index contributed by atoms with van der Waals surface area (Å²) in [6.07, 6.45) is 6.21. The van der Waals surface area contributed by atoms with Crippen molar-refractivity contribution in [3.63, 3.8) is 0 Å². The van der Waals surface area contributed by atoms with E-state index in [4.69, 9.17) is 10.7 Å². The fourth-order valence-electron chi connectivity index (χ4n) is 2.98. The van der Waals surface area contributed by atoms with E-state index >= 15 is 0 Å². The predicted octanol–water partition coefficient (Wildman–Crippen LogP) is 5.28. The smallest absolute Gasteiger partial charge is 0.139 e. The van der Waals surface area contributed by atoms with Gasteiger partial charge in [0.2, 0.25) is 0 Å². The molecule has 0 amide bonds. The molecular weight excluding hydrogens is 302 g/mol. The molecule has 1 atom stereocenters. The van der Waals surface area contributed by atoms with Crippen LogP contribution >= 0.6 is 21.8 Å². The highest BCUT2D eigenvalue weighted by atomic mass is 35.7. The molecule has 0 bridgehead atoms. The van der Waals surface area contributed by atoms with Gasteiger partial charge < -0.3 is 5.11 Å². The molecule has 0 saturated heterocycles. The molecule has 1 aliphatic rings. The molecule has 1 aromatic rings. The minimum absolute atomic E-state index is 0.574. The van der Waals surface area contributed by atoms with Gasteiger partial charge in [0.1, 0.15) is 6.23 Å². The van der Waals surface area contributed by atoms with E-state index < -0.39 is 6.23 Å². The van der Waals surface area contributed by atoms with Crippen LogP contribution in [0.4, 0.5) is 0 Å². The summed E-state index contributed by atoms with van der Waals surface area (Å²) in [5.74, 6) is 0. The Hall–Kier alpha value is -0.480. The van der Waals surface area contributed by atoms with Gasteiger partial charge in [-0.2, -0.15) is 0 Å². The van der Waals surface area contributed by atoms with Crippen LogP contribution in [0.25, 0.3) is 0 Å². The second-order valence-electron chi connectivity index (χ2n) is 5.59. The molecule has 0 spiro atoms. The van der Waals surface area contributed by atoms with E-state index in [9.17, 15) is 5.11 Å². The highest BCUT2D eigenvalue weighted by molar-refractivity contribution is 8.19. The third-order valence-electron chi connectivity index (χ3n) is 4.03. The van der Waals surface area contributed by atoms with Crippen LogP contribution in [0, 0.1) is 0 Å². The number of halogens is 1. The Morgan fingerprint density at radius 2 is 1.95 bits per heavy atom. The number of allylic oxidation sites excluding steroid dienone is 1. The molecular formula is C17H24ClNOS. The first-order valence-electron chi connectivity index (χ1n) is 7.74.